The van der Waals surface area contributed by atoms with Gasteiger partial charge in [-0.05, 0) is 12.8 Å². The van der Waals surface area contributed by atoms with Crippen molar-refractivity contribution < 1.29 is 14.6 Å². The number of hydrogen-bond acceptors (Lipinski definition) is 4. The molecule has 0 unspecified atom stereocenters. The van der Waals surface area contributed by atoms with E-state index in [1.807, 2.05) is 0 Å². The summed E-state index contributed by atoms with van der Waals surface area (Å²) < 4.78 is 11.1. The Balaban J connectivity index is 1.57. The second kappa shape index (κ2) is 7.31. The van der Waals surface area contributed by atoms with Crippen molar-refractivity contribution in [2.45, 2.75) is 44.3 Å². The van der Waals surface area contributed by atoms with E-state index in [0.29, 0.717) is 12.7 Å². The maximum absolute atomic E-state index is 9.92. The van der Waals surface area contributed by atoms with Gasteiger partial charge in [0.1, 0.15) is 0 Å². The molecule has 1 saturated carbocycles. The zero-order valence-corrected chi connectivity index (χ0v) is 10.6. The summed E-state index contributed by atoms with van der Waals surface area (Å²) in [5.74, 6) is 0. The maximum atomic E-state index is 9.92. The van der Waals surface area contributed by atoms with Crippen molar-refractivity contribution in [3.05, 3.63) is 0 Å². The Labute approximate surface area is 104 Å². The largest absolute Gasteiger partial charge is 0.389 e. The summed E-state index contributed by atoms with van der Waals surface area (Å²) in [5.41, 5.74) is 0. The van der Waals surface area contributed by atoms with E-state index in [1.54, 1.807) is 0 Å². The molecule has 2 aliphatic rings. The van der Waals surface area contributed by atoms with E-state index in [2.05, 4.69) is 4.90 Å². The number of rotatable bonds is 5. The van der Waals surface area contributed by atoms with Crippen LogP contribution in [0.3, 0.4) is 0 Å². The van der Waals surface area contributed by atoms with Gasteiger partial charge in [-0.1, -0.05) is 19.3 Å². The molecule has 1 saturated heterocycles. The standard InChI is InChI=1S/C13H25NO3/c15-12(10-14-6-8-16-9-7-14)11-17-13-4-2-1-3-5-13/h12-13,15H,1-11H2/t12-/m0/s1. The molecule has 1 heterocycles. The van der Waals surface area contributed by atoms with Crippen LogP contribution in [0, 0.1) is 0 Å². The van der Waals surface area contributed by atoms with Crippen molar-refractivity contribution in [1.82, 2.24) is 4.90 Å². The van der Waals surface area contributed by atoms with Gasteiger partial charge in [-0.25, -0.2) is 0 Å². The molecule has 0 radical (unpaired) electrons. The summed E-state index contributed by atoms with van der Waals surface area (Å²) in [5, 5.41) is 9.92. The lowest BCUT2D eigenvalue weighted by Gasteiger charge is -2.29. The Kier molecular flexibility index (Phi) is 5.71. The van der Waals surface area contributed by atoms with Crippen molar-refractivity contribution in [3.63, 3.8) is 0 Å². The molecule has 100 valence electrons. The summed E-state index contributed by atoms with van der Waals surface area (Å²) in [6, 6.07) is 0. The smallest absolute Gasteiger partial charge is 0.0900 e. The fourth-order valence-corrected chi connectivity index (χ4v) is 2.61. The minimum Gasteiger partial charge on any atom is -0.389 e. The molecule has 1 N–H and O–H groups in total. The van der Waals surface area contributed by atoms with Crippen molar-refractivity contribution in [2.75, 3.05) is 39.5 Å². The predicted molar refractivity (Wildman–Crippen MR) is 66.1 cm³/mol. The monoisotopic (exact) mass is 243 g/mol. The molecule has 17 heavy (non-hydrogen) atoms. The zero-order valence-electron chi connectivity index (χ0n) is 10.6. The molecule has 4 heteroatoms. The molecule has 0 amide bonds. The van der Waals surface area contributed by atoms with Gasteiger partial charge >= 0.3 is 0 Å². The Morgan fingerprint density at radius 2 is 1.88 bits per heavy atom. The molecule has 1 atom stereocenters. The maximum Gasteiger partial charge on any atom is 0.0900 e. The van der Waals surface area contributed by atoms with Gasteiger partial charge in [0.15, 0.2) is 0 Å². The number of aliphatic hydroxyl groups excluding tert-OH is 1. The average molecular weight is 243 g/mol. The SMILES string of the molecule is O[C@H](COC1CCCCC1)CN1CCOCC1. The summed E-state index contributed by atoms with van der Waals surface area (Å²) in [6.45, 7) is 4.64. The minimum atomic E-state index is -0.352. The summed E-state index contributed by atoms with van der Waals surface area (Å²) in [4.78, 5) is 2.25. The quantitative estimate of drug-likeness (QED) is 0.783. The number of hydrogen-bond donors (Lipinski definition) is 1. The third kappa shape index (κ3) is 4.92. The highest BCUT2D eigenvalue weighted by molar-refractivity contribution is 4.69. The third-order valence-corrected chi connectivity index (χ3v) is 3.65. The second-order valence-electron chi connectivity index (χ2n) is 5.16. The average Bonchev–Trinajstić information content (AvgIpc) is 2.39. The first-order valence-corrected chi connectivity index (χ1v) is 6.94. The lowest BCUT2D eigenvalue weighted by Crippen LogP contribution is -2.42. The van der Waals surface area contributed by atoms with Crippen molar-refractivity contribution in [3.8, 4) is 0 Å². The van der Waals surface area contributed by atoms with E-state index >= 15 is 0 Å². The highest BCUT2D eigenvalue weighted by Gasteiger charge is 2.18. The number of nitrogens with zero attached hydrogens (tertiary/aromatic N) is 1. The van der Waals surface area contributed by atoms with Crippen LogP contribution in [0.4, 0.5) is 0 Å². The van der Waals surface area contributed by atoms with Crippen LogP contribution in [0.1, 0.15) is 32.1 Å². The van der Waals surface area contributed by atoms with Gasteiger partial charge in [-0.15, -0.1) is 0 Å². The second-order valence-corrected chi connectivity index (χ2v) is 5.16. The molecule has 1 aliphatic carbocycles. The van der Waals surface area contributed by atoms with Gasteiger partial charge in [0.05, 0.1) is 32.0 Å². The van der Waals surface area contributed by atoms with Crippen molar-refractivity contribution in [2.24, 2.45) is 0 Å². The number of aliphatic hydroxyl groups is 1. The fraction of sp³-hybridized carbons (Fsp3) is 1.00. The molecule has 0 spiro atoms. The van der Waals surface area contributed by atoms with E-state index in [4.69, 9.17) is 9.47 Å². The van der Waals surface area contributed by atoms with Crippen LogP contribution >= 0.6 is 0 Å². The summed E-state index contributed by atoms with van der Waals surface area (Å²) in [7, 11) is 0. The predicted octanol–water partition coefficient (Wildman–Crippen LogP) is 1.03. The Morgan fingerprint density at radius 3 is 2.59 bits per heavy atom. The summed E-state index contributed by atoms with van der Waals surface area (Å²) in [6.07, 6.45) is 6.29. The first-order chi connectivity index (χ1) is 8.34. The molecule has 0 aromatic carbocycles. The lowest BCUT2D eigenvalue weighted by molar-refractivity contribution is -0.0446. The van der Waals surface area contributed by atoms with Crippen LogP contribution in [0.15, 0.2) is 0 Å². The molecule has 0 aromatic heterocycles. The fourth-order valence-electron chi connectivity index (χ4n) is 2.61. The molecule has 0 bridgehead atoms. The lowest BCUT2D eigenvalue weighted by atomic mass is 9.98. The number of ether oxygens (including phenoxy) is 2. The van der Waals surface area contributed by atoms with E-state index in [9.17, 15) is 5.11 Å². The van der Waals surface area contributed by atoms with Gasteiger partial charge < -0.3 is 14.6 Å². The Bertz CT molecular complexity index is 201. The van der Waals surface area contributed by atoms with Crippen LogP contribution in [-0.4, -0.2) is 61.7 Å². The Morgan fingerprint density at radius 1 is 1.18 bits per heavy atom. The highest BCUT2D eigenvalue weighted by atomic mass is 16.5. The topological polar surface area (TPSA) is 41.9 Å². The summed E-state index contributed by atoms with van der Waals surface area (Å²) >= 11 is 0. The van der Waals surface area contributed by atoms with E-state index in [0.717, 1.165) is 32.8 Å². The van der Waals surface area contributed by atoms with Crippen LogP contribution < -0.4 is 0 Å². The highest BCUT2D eigenvalue weighted by Crippen LogP contribution is 2.20. The van der Waals surface area contributed by atoms with Crippen molar-refractivity contribution in [1.29, 1.82) is 0 Å². The van der Waals surface area contributed by atoms with Crippen molar-refractivity contribution >= 4 is 0 Å². The van der Waals surface area contributed by atoms with E-state index in [-0.39, 0.29) is 6.10 Å². The molecule has 0 aromatic rings. The van der Waals surface area contributed by atoms with Crippen LogP contribution in [0.2, 0.25) is 0 Å². The molecular weight excluding hydrogens is 218 g/mol. The molecule has 2 fully saturated rings. The van der Waals surface area contributed by atoms with Gasteiger partial charge in [0.25, 0.3) is 0 Å². The Hall–Kier alpha value is -0.160. The molecule has 4 nitrogen and oxygen atoms in total. The van der Waals surface area contributed by atoms with Gasteiger partial charge in [-0.3, -0.25) is 4.90 Å². The molecule has 2 rings (SSSR count). The number of β-amino-alcohol motifs (C(OH)–C–C–N with tert-alkyl or cyclic N) is 1. The van der Waals surface area contributed by atoms with Gasteiger partial charge in [0.2, 0.25) is 0 Å². The van der Waals surface area contributed by atoms with E-state index in [1.165, 1.54) is 32.1 Å². The molecule has 1 aliphatic heterocycles. The van der Waals surface area contributed by atoms with E-state index < -0.39 is 0 Å². The first-order valence-electron chi connectivity index (χ1n) is 6.94. The van der Waals surface area contributed by atoms with Crippen LogP contribution in [0.5, 0.6) is 0 Å². The normalized spacial score (nSPS) is 25.9. The zero-order chi connectivity index (χ0) is 11.9. The number of morpholine rings is 1. The van der Waals surface area contributed by atoms with Crippen LogP contribution in [0.25, 0.3) is 0 Å². The molecular formula is C13H25NO3. The minimum absolute atomic E-state index is 0.352. The van der Waals surface area contributed by atoms with Gasteiger partial charge in [0, 0.05) is 19.6 Å². The van der Waals surface area contributed by atoms with Crippen LogP contribution in [-0.2, 0) is 9.47 Å². The van der Waals surface area contributed by atoms with Gasteiger partial charge in [-0.2, -0.15) is 0 Å². The third-order valence-electron chi connectivity index (χ3n) is 3.65. The first kappa shape index (κ1) is 13.3.